The fourth-order valence-corrected chi connectivity index (χ4v) is 2.19. The Morgan fingerprint density at radius 1 is 1.10 bits per heavy atom. The number of benzene rings is 2. The van der Waals surface area contributed by atoms with E-state index in [-0.39, 0.29) is 5.91 Å². The molecule has 5 nitrogen and oxygen atoms in total. The van der Waals surface area contributed by atoms with Crippen LogP contribution in [0.2, 0.25) is 0 Å². The summed E-state index contributed by atoms with van der Waals surface area (Å²) in [7, 11) is 0. The summed E-state index contributed by atoms with van der Waals surface area (Å²) in [6.45, 7) is 0. The van der Waals surface area contributed by atoms with Crippen LogP contribution < -0.4 is 5.32 Å². The average molecular weight is 262 g/mol. The second kappa shape index (κ2) is 4.91. The van der Waals surface area contributed by atoms with Gasteiger partial charge in [0, 0.05) is 27.4 Å². The molecule has 96 valence electrons. The summed E-state index contributed by atoms with van der Waals surface area (Å²) in [5.41, 5.74) is 12.0. The molecule has 5 heteroatoms. The average Bonchev–Trinajstić information content (AvgIpc) is 2.78. The third kappa shape index (κ3) is 2.02. The molecule has 2 aromatic rings. The van der Waals surface area contributed by atoms with Gasteiger partial charge in [0.2, 0.25) is 0 Å². The van der Waals surface area contributed by atoms with Crippen LogP contribution in [0, 0.1) is 0 Å². The normalized spacial score (nSPS) is 14.6. The van der Waals surface area contributed by atoms with Crippen molar-refractivity contribution in [2.75, 3.05) is 5.32 Å². The fourth-order valence-electron chi connectivity index (χ4n) is 2.19. The van der Waals surface area contributed by atoms with Crippen molar-refractivity contribution in [1.29, 1.82) is 0 Å². The van der Waals surface area contributed by atoms with Crippen LogP contribution in [-0.2, 0) is 4.79 Å². The Balaban J connectivity index is 2.14. The van der Waals surface area contributed by atoms with E-state index in [1.54, 1.807) is 18.2 Å². The van der Waals surface area contributed by atoms with Crippen LogP contribution in [0.15, 0.2) is 53.6 Å². The Hall–Kier alpha value is -3.04. The Bertz CT molecular complexity index is 773. The molecule has 1 heterocycles. The van der Waals surface area contributed by atoms with Gasteiger partial charge in [-0.3, -0.25) is 4.79 Å². The number of carbonyl (C=O) groups excluding carboxylic acids is 1. The van der Waals surface area contributed by atoms with Gasteiger partial charge in [-0.05, 0) is 23.2 Å². The zero-order valence-corrected chi connectivity index (χ0v) is 10.4. The van der Waals surface area contributed by atoms with E-state index in [4.69, 9.17) is 5.53 Å². The summed E-state index contributed by atoms with van der Waals surface area (Å²) in [4.78, 5) is 14.8. The topological polar surface area (TPSA) is 77.9 Å². The van der Waals surface area contributed by atoms with Crippen molar-refractivity contribution in [2.45, 2.75) is 0 Å². The van der Waals surface area contributed by atoms with E-state index in [2.05, 4.69) is 15.3 Å². The van der Waals surface area contributed by atoms with Crippen molar-refractivity contribution in [2.24, 2.45) is 5.11 Å². The molecule has 0 aliphatic carbocycles. The monoisotopic (exact) mass is 262 g/mol. The van der Waals surface area contributed by atoms with Crippen molar-refractivity contribution >= 4 is 28.9 Å². The molecule has 0 fully saturated rings. The van der Waals surface area contributed by atoms with Crippen LogP contribution >= 0.6 is 0 Å². The first-order valence-corrected chi connectivity index (χ1v) is 6.06. The second-order valence-electron chi connectivity index (χ2n) is 4.31. The van der Waals surface area contributed by atoms with E-state index < -0.39 is 0 Å². The Labute approximate surface area is 115 Å². The van der Waals surface area contributed by atoms with E-state index in [1.165, 1.54) is 0 Å². The molecule has 20 heavy (non-hydrogen) atoms. The van der Waals surface area contributed by atoms with Crippen LogP contribution in [0.25, 0.3) is 22.1 Å². The number of rotatable bonds is 2. The van der Waals surface area contributed by atoms with Gasteiger partial charge in [0.05, 0.1) is 0 Å². The van der Waals surface area contributed by atoms with E-state index >= 15 is 0 Å². The minimum atomic E-state index is -0.151. The highest BCUT2D eigenvalue weighted by molar-refractivity contribution is 6.35. The van der Waals surface area contributed by atoms with Gasteiger partial charge < -0.3 is 5.32 Å². The molecule has 2 aromatic carbocycles. The lowest BCUT2D eigenvalue weighted by molar-refractivity contribution is -0.110. The van der Waals surface area contributed by atoms with Crippen molar-refractivity contribution in [3.63, 3.8) is 0 Å². The number of para-hydroxylation sites is 1. The number of nitrogens with zero attached hydrogens (tertiary/aromatic N) is 3. The van der Waals surface area contributed by atoms with Gasteiger partial charge in [-0.2, -0.15) is 0 Å². The number of carbonyl (C=O) groups is 1. The van der Waals surface area contributed by atoms with Crippen LogP contribution in [0.3, 0.4) is 0 Å². The standard InChI is InChI=1S/C15H10N4O/c16-19-18-13-7-3-1-5-10(13)9-12-11-6-2-4-8-14(11)17-15(12)20/h1-9H,(H,17,20)/b12-9-. The molecule has 0 saturated heterocycles. The summed E-state index contributed by atoms with van der Waals surface area (Å²) < 4.78 is 0. The van der Waals surface area contributed by atoms with Crippen molar-refractivity contribution in [1.82, 2.24) is 0 Å². The Morgan fingerprint density at radius 2 is 1.85 bits per heavy atom. The Morgan fingerprint density at radius 3 is 2.70 bits per heavy atom. The highest BCUT2D eigenvalue weighted by Crippen LogP contribution is 2.34. The summed E-state index contributed by atoms with van der Waals surface area (Å²) in [6.07, 6.45) is 1.74. The summed E-state index contributed by atoms with van der Waals surface area (Å²) in [5, 5.41) is 6.44. The molecule has 3 rings (SSSR count). The van der Waals surface area contributed by atoms with Gasteiger partial charge in [-0.1, -0.05) is 47.6 Å². The lowest BCUT2D eigenvalue weighted by Gasteiger charge is -2.01. The van der Waals surface area contributed by atoms with Gasteiger partial charge in [0.15, 0.2) is 0 Å². The van der Waals surface area contributed by atoms with Crippen molar-refractivity contribution < 1.29 is 4.79 Å². The smallest absolute Gasteiger partial charge is 0.256 e. The molecule has 0 spiro atoms. The van der Waals surface area contributed by atoms with Crippen LogP contribution in [0.1, 0.15) is 11.1 Å². The SMILES string of the molecule is [N-]=[N+]=Nc1ccccc1/C=C1\C(=O)Nc2ccccc21. The molecule has 1 aliphatic rings. The van der Waals surface area contributed by atoms with Crippen LogP contribution in [0.4, 0.5) is 11.4 Å². The van der Waals surface area contributed by atoms with E-state index in [9.17, 15) is 4.79 Å². The minimum Gasteiger partial charge on any atom is -0.321 e. The van der Waals surface area contributed by atoms with Crippen molar-refractivity contribution in [3.05, 3.63) is 70.1 Å². The zero-order chi connectivity index (χ0) is 13.9. The third-order valence-corrected chi connectivity index (χ3v) is 3.10. The van der Waals surface area contributed by atoms with Crippen LogP contribution in [-0.4, -0.2) is 5.91 Å². The van der Waals surface area contributed by atoms with Gasteiger partial charge in [0.25, 0.3) is 5.91 Å². The number of hydrogen-bond donors (Lipinski definition) is 1. The highest BCUT2D eigenvalue weighted by Gasteiger charge is 2.23. The lowest BCUT2D eigenvalue weighted by Crippen LogP contribution is -2.03. The summed E-state index contributed by atoms with van der Waals surface area (Å²) in [6, 6.07) is 14.6. The zero-order valence-electron chi connectivity index (χ0n) is 10.4. The van der Waals surface area contributed by atoms with E-state index in [0.29, 0.717) is 16.8 Å². The van der Waals surface area contributed by atoms with Gasteiger partial charge in [0.1, 0.15) is 0 Å². The summed E-state index contributed by atoms with van der Waals surface area (Å²) >= 11 is 0. The number of hydrogen-bond acceptors (Lipinski definition) is 2. The number of azide groups is 1. The molecule has 0 radical (unpaired) electrons. The molecule has 0 atom stereocenters. The number of anilines is 1. The molecule has 0 bridgehead atoms. The van der Waals surface area contributed by atoms with Crippen LogP contribution in [0.5, 0.6) is 0 Å². The molecule has 1 N–H and O–H groups in total. The first-order chi connectivity index (χ1) is 9.79. The molecular formula is C15H10N4O. The van der Waals surface area contributed by atoms with E-state index in [1.807, 2.05) is 36.4 Å². The van der Waals surface area contributed by atoms with Gasteiger partial charge in [-0.15, -0.1) is 0 Å². The maximum atomic E-state index is 12.0. The van der Waals surface area contributed by atoms with Gasteiger partial charge in [-0.25, -0.2) is 0 Å². The number of fused-ring (bicyclic) bond motifs is 1. The Kier molecular flexibility index (Phi) is 2.95. The quantitative estimate of drug-likeness (QED) is 0.375. The van der Waals surface area contributed by atoms with Gasteiger partial charge >= 0.3 is 0 Å². The predicted octanol–water partition coefficient (Wildman–Crippen LogP) is 4.12. The number of nitrogens with one attached hydrogen (secondary N) is 1. The largest absolute Gasteiger partial charge is 0.321 e. The maximum Gasteiger partial charge on any atom is 0.256 e. The summed E-state index contributed by atoms with van der Waals surface area (Å²) in [5.74, 6) is -0.151. The molecule has 0 unspecified atom stereocenters. The molecule has 1 aliphatic heterocycles. The fraction of sp³-hybridized carbons (Fsp3) is 0. The predicted molar refractivity (Wildman–Crippen MR) is 78.2 cm³/mol. The molecule has 1 amide bonds. The van der Waals surface area contributed by atoms with E-state index in [0.717, 1.165) is 11.3 Å². The van der Waals surface area contributed by atoms with Crippen molar-refractivity contribution in [3.8, 4) is 0 Å². The first-order valence-electron chi connectivity index (χ1n) is 6.06. The molecule has 0 aromatic heterocycles. The molecule has 0 saturated carbocycles. The maximum absolute atomic E-state index is 12.0. The highest BCUT2D eigenvalue weighted by atomic mass is 16.2. The third-order valence-electron chi connectivity index (χ3n) is 3.10. The number of amides is 1. The minimum absolute atomic E-state index is 0.151. The lowest BCUT2D eigenvalue weighted by atomic mass is 10.0. The molecular weight excluding hydrogens is 252 g/mol. The second-order valence-corrected chi connectivity index (χ2v) is 4.31. The first kappa shape index (κ1) is 12.0.